The second-order valence-electron chi connectivity index (χ2n) is 7.19. The maximum absolute atomic E-state index is 11.5. The number of carbonyl (C=O) groups excluding carboxylic acids is 1. The molecule has 0 amide bonds. The number of fused-ring (bicyclic) bond motifs is 1. The summed E-state index contributed by atoms with van der Waals surface area (Å²) in [5.74, 6) is 0.774. The average molecular weight is 366 g/mol. The summed E-state index contributed by atoms with van der Waals surface area (Å²) in [4.78, 5) is 11.5. The van der Waals surface area contributed by atoms with Crippen LogP contribution >= 0.6 is 0 Å². The summed E-state index contributed by atoms with van der Waals surface area (Å²) >= 11 is 0. The summed E-state index contributed by atoms with van der Waals surface area (Å²) in [5.41, 5.74) is 5.38. The van der Waals surface area contributed by atoms with Crippen LogP contribution in [0.15, 0.2) is 42.5 Å². The van der Waals surface area contributed by atoms with Crippen molar-refractivity contribution in [2.75, 3.05) is 13.7 Å². The van der Waals surface area contributed by atoms with Gasteiger partial charge in [-0.3, -0.25) is 0 Å². The van der Waals surface area contributed by atoms with E-state index in [1.165, 1.54) is 18.2 Å². The van der Waals surface area contributed by atoms with Crippen LogP contribution in [0.3, 0.4) is 0 Å². The highest BCUT2D eigenvalue weighted by atomic mass is 16.6. The Bertz CT molecular complexity index is 930. The van der Waals surface area contributed by atoms with E-state index in [1.807, 2.05) is 23.6 Å². The third-order valence-electron chi connectivity index (χ3n) is 4.43. The number of nitrogens with zero attached hydrogens (tertiary/aromatic N) is 2. The smallest absolute Gasteiger partial charge is 0.343 e. The molecule has 27 heavy (non-hydrogen) atoms. The quantitative estimate of drug-likeness (QED) is 0.594. The Kier molecular flexibility index (Phi) is 5.79. The van der Waals surface area contributed by atoms with E-state index in [2.05, 4.69) is 48.9 Å². The monoisotopic (exact) mass is 366 g/mol. The second kappa shape index (κ2) is 8.25. The molecular weight excluding hydrogens is 340 g/mol. The molecule has 5 heteroatoms. The third-order valence-corrected chi connectivity index (χ3v) is 4.43. The number of aromatic nitrogens is 2. The van der Waals surface area contributed by atoms with Gasteiger partial charge in [0.2, 0.25) is 0 Å². The van der Waals surface area contributed by atoms with Crippen molar-refractivity contribution in [2.24, 2.45) is 5.92 Å². The van der Waals surface area contributed by atoms with Crippen LogP contribution in [0.4, 0.5) is 0 Å². The lowest BCUT2D eigenvalue weighted by Gasteiger charge is -2.11. The normalized spacial score (nSPS) is 11.1. The maximum atomic E-state index is 11.5. The molecule has 0 atom stereocenters. The van der Waals surface area contributed by atoms with Gasteiger partial charge in [-0.15, -0.1) is 0 Å². The van der Waals surface area contributed by atoms with Crippen molar-refractivity contribution in [3.63, 3.8) is 0 Å². The predicted octanol–water partition coefficient (Wildman–Crippen LogP) is 3.98. The number of methoxy groups -OCH3 is 1. The molecule has 0 fully saturated rings. The Morgan fingerprint density at radius 3 is 2.59 bits per heavy atom. The number of benzene rings is 1. The molecule has 5 nitrogen and oxygen atoms in total. The summed E-state index contributed by atoms with van der Waals surface area (Å²) in [5, 5.41) is 4.73. The number of carbonyl (C=O) groups is 1. The highest BCUT2D eigenvalue weighted by Crippen LogP contribution is 2.28. The molecular formula is C22H26N2O3. The first kappa shape index (κ1) is 19.0. The zero-order valence-corrected chi connectivity index (χ0v) is 16.4. The van der Waals surface area contributed by atoms with Gasteiger partial charge in [0.25, 0.3) is 0 Å². The third kappa shape index (κ3) is 4.48. The van der Waals surface area contributed by atoms with E-state index in [1.54, 1.807) is 0 Å². The minimum absolute atomic E-state index is 0.117. The summed E-state index contributed by atoms with van der Waals surface area (Å²) in [6.45, 7) is 6.23. The molecule has 2 heterocycles. The van der Waals surface area contributed by atoms with Crippen LogP contribution in [0.5, 0.6) is 5.75 Å². The van der Waals surface area contributed by atoms with Gasteiger partial charge in [0.1, 0.15) is 11.3 Å². The second-order valence-corrected chi connectivity index (χ2v) is 7.19. The molecule has 0 radical (unpaired) electrons. The number of hydrogen-bond acceptors (Lipinski definition) is 4. The van der Waals surface area contributed by atoms with Gasteiger partial charge < -0.3 is 9.47 Å². The van der Waals surface area contributed by atoms with Gasteiger partial charge >= 0.3 is 5.97 Å². The molecule has 142 valence electrons. The lowest BCUT2D eigenvalue weighted by atomic mass is 10.00. The summed E-state index contributed by atoms with van der Waals surface area (Å²) in [7, 11) is 1.36. The molecule has 0 saturated heterocycles. The lowest BCUT2D eigenvalue weighted by Crippen LogP contribution is -2.13. The maximum Gasteiger partial charge on any atom is 0.343 e. The predicted molar refractivity (Wildman–Crippen MR) is 105 cm³/mol. The first-order valence-electron chi connectivity index (χ1n) is 9.22. The molecule has 0 unspecified atom stereocenters. The summed E-state index contributed by atoms with van der Waals surface area (Å²) < 4.78 is 12.4. The van der Waals surface area contributed by atoms with Crippen LogP contribution in [-0.4, -0.2) is 29.3 Å². The van der Waals surface area contributed by atoms with E-state index >= 15 is 0 Å². The fraction of sp³-hybridized carbons (Fsp3) is 0.364. The minimum atomic E-state index is -0.402. The Hall–Kier alpha value is -2.82. The Labute approximate surface area is 159 Å². The molecule has 0 bridgehead atoms. The van der Waals surface area contributed by atoms with Crippen molar-refractivity contribution >= 4 is 11.5 Å². The van der Waals surface area contributed by atoms with E-state index in [4.69, 9.17) is 9.84 Å². The first-order valence-corrected chi connectivity index (χ1v) is 9.22. The molecule has 0 aliphatic heterocycles. The van der Waals surface area contributed by atoms with Crippen molar-refractivity contribution < 1.29 is 14.3 Å². The molecule has 0 aliphatic carbocycles. The van der Waals surface area contributed by atoms with E-state index < -0.39 is 5.97 Å². The molecule has 2 aromatic heterocycles. The molecule has 3 aromatic rings. The van der Waals surface area contributed by atoms with Gasteiger partial charge in [0.15, 0.2) is 6.61 Å². The van der Waals surface area contributed by atoms with Crippen molar-refractivity contribution in [3.8, 4) is 5.75 Å². The van der Waals surface area contributed by atoms with Gasteiger partial charge in [-0.05, 0) is 36.5 Å². The van der Waals surface area contributed by atoms with Crippen molar-refractivity contribution in [1.29, 1.82) is 0 Å². The zero-order valence-electron chi connectivity index (χ0n) is 16.4. The lowest BCUT2D eigenvalue weighted by molar-refractivity contribution is -0.142. The Balaban J connectivity index is 2.08. The molecule has 0 aliphatic rings. The van der Waals surface area contributed by atoms with Crippen LogP contribution < -0.4 is 4.74 Å². The highest BCUT2D eigenvalue weighted by molar-refractivity contribution is 5.72. The Morgan fingerprint density at radius 1 is 1.19 bits per heavy atom. The molecule has 0 saturated carbocycles. The first-order chi connectivity index (χ1) is 13.0. The van der Waals surface area contributed by atoms with Gasteiger partial charge in [-0.1, -0.05) is 44.2 Å². The fourth-order valence-corrected chi connectivity index (χ4v) is 3.24. The molecule has 3 rings (SSSR count). The van der Waals surface area contributed by atoms with Crippen LogP contribution in [0.25, 0.3) is 5.52 Å². The van der Waals surface area contributed by atoms with Gasteiger partial charge in [0.05, 0.1) is 18.5 Å². The van der Waals surface area contributed by atoms with E-state index in [9.17, 15) is 4.79 Å². The highest BCUT2D eigenvalue weighted by Gasteiger charge is 2.17. The van der Waals surface area contributed by atoms with E-state index in [0.717, 1.165) is 29.7 Å². The van der Waals surface area contributed by atoms with E-state index in [-0.39, 0.29) is 6.61 Å². The van der Waals surface area contributed by atoms with Crippen LogP contribution in [0.1, 0.15) is 36.4 Å². The molecule has 1 aromatic carbocycles. The van der Waals surface area contributed by atoms with Crippen molar-refractivity contribution in [1.82, 2.24) is 9.61 Å². The van der Waals surface area contributed by atoms with Crippen molar-refractivity contribution in [3.05, 3.63) is 65.0 Å². The average Bonchev–Trinajstić information content (AvgIpc) is 2.97. The topological polar surface area (TPSA) is 52.8 Å². The number of aryl methyl sites for hydroxylation is 1. The standard InChI is InChI=1S/C22H26N2O3/c1-15(2)10-18-13-20-21(27-14-22(25)26-4)11-16(3)23-24(20)19(18)12-17-8-6-5-7-9-17/h5-9,11,13,15H,10,12,14H2,1-4H3. The zero-order chi connectivity index (χ0) is 19.4. The SMILES string of the molecule is COC(=O)COc1cc(C)nn2c(Cc3ccccc3)c(CC(C)C)cc12. The Morgan fingerprint density at radius 2 is 1.93 bits per heavy atom. The summed E-state index contributed by atoms with van der Waals surface area (Å²) in [6.07, 6.45) is 1.75. The van der Waals surface area contributed by atoms with Gasteiger partial charge in [-0.2, -0.15) is 5.10 Å². The number of esters is 1. The van der Waals surface area contributed by atoms with Crippen molar-refractivity contribution in [2.45, 2.75) is 33.6 Å². The largest absolute Gasteiger partial charge is 0.480 e. The van der Waals surface area contributed by atoms with E-state index in [0.29, 0.717) is 11.7 Å². The van der Waals surface area contributed by atoms with Gasteiger partial charge in [0, 0.05) is 12.5 Å². The number of hydrogen-bond donors (Lipinski definition) is 0. The van der Waals surface area contributed by atoms with Crippen LogP contribution in [0.2, 0.25) is 0 Å². The molecule has 0 N–H and O–H groups in total. The number of rotatable bonds is 7. The van der Waals surface area contributed by atoms with Crippen LogP contribution in [0, 0.1) is 12.8 Å². The minimum Gasteiger partial charge on any atom is -0.480 e. The van der Waals surface area contributed by atoms with Crippen LogP contribution in [-0.2, 0) is 22.4 Å². The van der Waals surface area contributed by atoms with Gasteiger partial charge in [-0.25, -0.2) is 9.31 Å². The summed E-state index contributed by atoms with van der Waals surface area (Å²) in [6, 6.07) is 14.4. The molecule has 0 spiro atoms. The fourth-order valence-electron chi connectivity index (χ4n) is 3.24. The number of ether oxygens (including phenoxy) is 2.